The molecule has 0 radical (unpaired) electrons. The minimum Gasteiger partial charge on any atom is -0.410 e. The van der Waals surface area contributed by atoms with E-state index >= 15 is 0 Å². The average Bonchev–Trinajstić information content (AvgIpc) is 2.54. The third-order valence-corrected chi connectivity index (χ3v) is 5.22. The molecule has 1 aliphatic rings. The molecule has 0 aliphatic carbocycles. The Hall–Kier alpha value is -1.64. The first-order valence-electron chi connectivity index (χ1n) is 7.01. The predicted molar refractivity (Wildman–Crippen MR) is 81.3 cm³/mol. The van der Waals surface area contributed by atoms with Crippen LogP contribution in [0.1, 0.15) is 0 Å². The van der Waals surface area contributed by atoms with Gasteiger partial charge in [-0.15, -0.1) is 0 Å². The van der Waals surface area contributed by atoms with Crippen LogP contribution in [-0.4, -0.2) is 69.4 Å². The SMILES string of the molecule is COCCS(=O)(=O)N1CCN(C(=O)Oc2ccccc2)CC1. The summed E-state index contributed by atoms with van der Waals surface area (Å²) in [6.45, 7) is 1.35. The number of benzene rings is 1. The molecule has 0 N–H and O–H groups in total. The Morgan fingerprint density at radius 1 is 1.14 bits per heavy atom. The molecule has 1 aromatic carbocycles. The van der Waals surface area contributed by atoms with Gasteiger partial charge in [0, 0.05) is 33.3 Å². The summed E-state index contributed by atoms with van der Waals surface area (Å²) in [4.78, 5) is 13.5. The van der Waals surface area contributed by atoms with Gasteiger partial charge in [0.15, 0.2) is 0 Å². The summed E-state index contributed by atoms with van der Waals surface area (Å²) in [5.41, 5.74) is 0. The molecule has 1 aliphatic heterocycles. The first-order chi connectivity index (χ1) is 10.5. The zero-order chi connectivity index (χ0) is 16.0. The summed E-state index contributed by atoms with van der Waals surface area (Å²) in [5.74, 6) is 0.431. The Morgan fingerprint density at radius 3 is 2.36 bits per heavy atom. The monoisotopic (exact) mass is 328 g/mol. The number of para-hydroxylation sites is 1. The van der Waals surface area contributed by atoms with E-state index in [9.17, 15) is 13.2 Å². The van der Waals surface area contributed by atoms with E-state index in [1.54, 1.807) is 24.3 Å². The summed E-state index contributed by atoms with van der Waals surface area (Å²) < 4.78 is 35.5. The van der Waals surface area contributed by atoms with E-state index in [-0.39, 0.29) is 25.4 Å². The van der Waals surface area contributed by atoms with Gasteiger partial charge in [0.25, 0.3) is 0 Å². The molecule has 1 saturated heterocycles. The van der Waals surface area contributed by atoms with Crippen molar-refractivity contribution in [1.82, 2.24) is 9.21 Å². The maximum atomic E-state index is 12.0. The lowest BCUT2D eigenvalue weighted by Gasteiger charge is -2.33. The molecule has 0 unspecified atom stereocenters. The van der Waals surface area contributed by atoms with Gasteiger partial charge in [-0.25, -0.2) is 13.2 Å². The predicted octanol–water partition coefficient (Wildman–Crippen LogP) is 0.779. The number of carbonyl (C=O) groups is 1. The smallest absolute Gasteiger partial charge is 0.410 e. The van der Waals surface area contributed by atoms with Gasteiger partial charge in [-0.2, -0.15) is 4.31 Å². The van der Waals surface area contributed by atoms with Crippen molar-refractivity contribution < 1.29 is 22.7 Å². The molecule has 22 heavy (non-hydrogen) atoms. The van der Waals surface area contributed by atoms with Crippen molar-refractivity contribution in [2.24, 2.45) is 0 Å². The fraction of sp³-hybridized carbons (Fsp3) is 0.500. The number of nitrogens with zero attached hydrogens (tertiary/aromatic N) is 2. The number of sulfonamides is 1. The highest BCUT2D eigenvalue weighted by molar-refractivity contribution is 7.89. The number of piperazine rings is 1. The third kappa shape index (κ3) is 4.43. The molecule has 1 heterocycles. The number of amides is 1. The standard InChI is InChI=1S/C14H20N2O5S/c1-20-11-12-22(18,19)16-9-7-15(8-10-16)14(17)21-13-5-3-2-4-6-13/h2-6H,7-12H2,1H3. The molecule has 2 rings (SSSR count). The van der Waals surface area contributed by atoms with Crippen LogP contribution in [-0.2, 0) is 14.8 Å². The quantitative estimate of drug-likeness (QED) is 0.798. The maximum absolute atomic E-state index is 12.0. The van der Waals surface area contributed by atoms with Gasteiger partial charge in [0.2, 0.25) is 10.0 Å². The Balaban J connectivity index is 1.85. The Bertz CT molecular complexity index is 583. The first kappa shape index (κ1) is 16.7. The molecule has 0 aromatic heterocycles. The van der Waals surface area contributed by atoms with Gasteiger partial charge >= 0.3 is 6.09 Å². The number of hydrogen-bond donors (Lipinski definition) is 0. The zero-order valence-corrected chi connectivity index (χ0v) is 13.3. The van der Waals surface area contributed by atoms with Crippen LogP contribution >= 0.6 is 0 Å². The number of ether oxygens (including phenoxy) is 2. The van der Waals surface area contributed by atoms with Gasteiger partial charge in [-0.1, -0.05) is 18.2 Å². The molecule has 0 bridgehead atoms. The lowest BCUT2D eigenvalue weighted by Crippen LogP contribution is -2.51. The second kappa shape index (κ2) is 7.57. The lowest BCUT2D eigenvalue weighted by atomic mass is 10.3. The van der Waals surface area contributed by atoms with Gasteiger partial charge < -0.3 is 14.4 Å². The largest absolute Gasteiger partial charge is 0.415 e. The highest BCUT2D eigenvalue weighted by Gasteiger charge is 2.29. The van der Waals surface area contributed by atoms with E-state index in [4.69, 9.17) is 9.47 Å². The highest BCUT2D eigenvalue weighted by Crippen LogP contribution is 2.13. The van der Waals surface area contributed by atoms with Crippen molar-refractivity contribution in [2.75, 3.05) is 45.6 Å². The van der Waals surface area contributed by atoms with E-state index in [1.807, 2.05) is 6.07 Å². The van der Waals surface area contributed by atoms with Gasteiger partial charge in [0.05, 0.1) is 12.4 Å². The number of rotatable bonds is 5. The molecular formula is C14H20N2O5S. The lowest BCUT2D eigenvalue weighted by molar-refractivity contribution is 0.132. The van der Waals surface area contributed by atoms with Crippen LogP contribution in [0.5, 0.6) is 5.75 Å². The van der Waals surface area contributed by atoms with E-state index in [0.29, 0.717) is 18.8 Å². The fourth-order valence-electron chi connectivity index (χ4n) is 2.12. The van der Waals surface area contributed by atoms with Crippen molar-refractivity contribution in [2.45, 2.75) is 0 Å². The topological polar surface area (TPSA) is 76.2 Å². The van der Waals surface area contributed by atoms with Gasteiger partial charge in [-0.3, -0.25) is 0 Å². The van der Waals surface area contributed by atoms with Crippen LogP contribution in [0.25, 0.3) is 0 Å². The van der Waals surface area contributed by atoms with Crippen molar-refractivity contribution >= 4 is 16.1 Å². The number of carbonyl (C=O) groups excluding carboxylic acids is 1. The number of hydrogen-bond acceptors (Lipinski definition) is 5. The highest BCUT2D eigenvalue weighted by atomic mass is 32.2. The van der Waals surface area contributed by atoms with Gasteiger partial charge in [0.1, 0.15) is 5.75 Å². The molecule has 1 fully saturated rings. The summed E-state index contributed by atoms with van der Waals surface area (Å²) in [7, 11) is -1.86. The van der Waals surface area contributed by atoms with E-state index < -0.39 is 16.1 Å². The molecule has 8 heteroatoms. The van der Waals surface area contributed by atoms with Crippen LogP contribution in [0.15, 0.2) is 30.3 Å². The summed E-state index contributed by atoms with van der Waals surface area (Å²) >= 11 is 0. The maximum Gasteiger partial charge on any atom is 0.415 e. The van der Waals surface area contributed by atoms with Crippen LogP contribution in [0, 0.1) is 0 Å². The van der Waals surface area contributed by atoms with Crippen molar-refractivity contribution in [3.05, 3.63) is 30.3 Å². The number of methoxy groups -OCH3 is 1. The molecular weight excluding hydrogens is 308 g/mol. The average molecular weight is 328 g/mol. The minimum atomic E-state index is -3.32. The minimum absolute atomic E-state index is 0.0437. The van der Waals surface area contributed by atoms with Crippen LogP contribution < -0.4 is 4.74 Å². The van der Waals surface area contributed by atoms with Crippen molar-refractivity contribution in [1.29, 1.82) is 0 Å². The van der Waals surface area contributed by atoms with Crippen molar-refractivity contribution in [3.63, 3.8) is 0 Å². The first-order valence-corrected chi connectivity index (χ1v) is 8.62. The summed E-state index contributed by atoms with van der Waals surface area (Å²) in [5, 5.41) is 0. The van der Waals surface area contributed by atoms with E-state index in [0.717, 1.165) is 0 Å². The van der Waals surface area contributed by atoms with Gasteiger partial charge in [-0.05, 0) is 12.1 Å². The molecule has 1 aromatic rings. The zero-order valence-electron chi connectivity index (χ0n) is 12.5. The van der Waals surface area contributed by atoms with Crippen molar-refractivity contribution in [3.8, 4) is 5.75 Å². The van der Waals surface area contributed by atoms with E-state index in [2.05, 4.69) is 0 Å². The Morgan fingerprint density at radius 2 is 1.77 bits per heavy atom. The molecule has 1 amide bonds. The van der Waals surface area contributed by atoms with Crippen LogP contribution in [0.2, 0.25) is 0 Å². The summed E-state index contributed by atoms with van der Waals surface area (Å²) in [6, 6.07) is 8.79. The molecule has 0 spiro atoms. The summed E-state index contributed by atoms with van der Waals surface area (Å²) in [6.07, 6.45) is -0.458. The third-order valence-electron chi connectivity index (χ3n) is 3.38. The second-order valence-corrected chi connectivity index (χ2v) is 6.96. The molecule has 122 valence electrons. The second-order valence-electron chi connectivity index (χ2n) is 4.88. The molecule has 7 nitrogen and oxygen atoms in total. The molecule has 0 atom stereocenters. The Kier molecular flexibility index (Phi) is 5.76. The normalized spacial score (nSPS) is 16.5. The molecule has 0 saturated carbocycles. The van der Waals surface area contributed by atoms with Crippen LogP contribution in [0.4, 0.5) is 4.79 Å². The van der Waals surface area contributed by atoms with Crippen LogP contribution in [0.3, 0.4) is 0 Å². The fourth-order valence-corrected chi connectivity index (χ4v) is 3.48. The van der Waals surface area contributed by atoms with E-state index in [1.165, 1.54) is 16.3 Å². The Labute approximate surface area is 130 Å².